The minimum Gasteiger partial charge on any atom is -0.479 e. The third kappa shape index (κ3) is 3.26. The highest BCUT2D eigenvalue weighted by Gasteiger charge is 2.68. The number of ketones is 1. The van der Waals surface area contributed by atoms with Crippen LogP contribution in [0.1, 0.15) is 52.4 Å². The van der Waals surface area contributed by atoms with Gasteiger partial charge in [-0.2, -0.15) is 0 Å². The number of Topliss-reactive ketones (excluding diaryl/α,β-unsaturated/α-hetero) is 1. The normalized spacial score (nSPS) is 43.8. The summed E-state index contributed by atoms with van der Waals surface area (Å²) in [6, 6.07) is 0. The van der Waals surface area contributed by atoms with Gasteiger partial charge in [0.25, 0.3) is 0 Å². The quantitative estimate of drug-likeness (QED) is 0.394. The molecule has 3 fully saturated rings. The van der Waals surface area contributed by atoms with Gasteiger partial charge in [-0.15, -0.1) is 0 Å². The zero-order valence-corrected chi connectivity index (χ0v) is 18.1. The Kier molecular flexibility index (Phi) is 5.57. The highest BCUT2D eigenvalue weighted by molar-refractivity contribution is 5.89. The predicted octanol–water partition coefficient (Wildman–Crippen LogP) is 1.31. The van der Waals surface area contributed by atoms with E-state index < -0.39 is 42.1 Å². The molecule has 0 aliphatic heterocycles. The van der Waals surface area contributed by atoms with Crippen LogP contribution in [-0.2, 0) is 14.4 Å². The van der Waals surface area contributed by atoms with Crippen molar-refractivity contribution in [1.29, 1.82) is 0 Å². The SMILES string of the molecule is C[C@]12CC=C(NOCC(=O)O)C=C1CC[C@@H]1[C@@H]2[C@H](O)C[C@@]2(C)[C@H]1CC[C@]2(O)C(=O)CO. The number of hydroxylamine groups is 1. The molecule has 8 heteroatoms. The van der Waals surface area contributed by atoms with Crippen LogP contribution in [-0.4, -0.2) is 57.1 Å². The van der Waals surface area contributed by atoms with Gasteiger partial charge in [0.05, 0.1) is 11.8 Å². The second kappa shape index (κ2) is 7.69. The Bertz CT molecular complexity index is 838. The molecule has 8 nitrogen and oxygen atoms in total. The molecule has 0 aromatic heterocycles. The second-order valence-electron chi connectivity index (χ2n) is 10.2. The maximum atomic E-state index is 12.5. The van der Waals surface area contributed by atoms with Gasteiger partial charge in [0.15, 0.2) is 12.4 Å². The lowest BCUT2D eigenvalue weighted by molar-refractivity contribution is -0.181. The van der Waals surface area contributed by atoms with Crippen molar-refractivity contribution in [2.75, 3.05) is 13.2 Å². The third-order valence-corrected chi connectivity index (χ3v) is 8.89. The largest absolute Gasteiger partial charge is 0.479 e. The van der Waals surface area contributed by atoms with Crippen LogP contribution in [0, 0.1) is 28.6 Å². The zero-order chi connectivity index (χ0) is 22.6. The molecule has 172 valence electrons. The topological polar surface area (TPSA) is 136 Å². The monoisotopic (exact) mass is 435 g/mol. The first-order valence-electron chi connectivity index (χ1n) is 11.1. The van der Waals surface area contributed by atoms with Crippen molar-refractivity contribution in [1.82, 2.24) is 5.48 Å². The first-order valence-corrected chi connectivity index (χ1v) is 11.1. The van der Waals surface area contributed by atoms with Gasteiger partial charge in [-0.25, -0.2) is 4.79 Å². The van der Waals surface area contributed by atoms with Crippen molar-refractivity contribution in [3.05, 3.63) is 23.4 Å². The first kappa shape index (κ1) is 22.5. The predicted molar refractivity (Wildman–Crippen MR) is 110 cm³/mol. The summed E-state index contributed by atoms with van der Waals surface area (Å²) >= 11 is 0. The second-order valence-corrected chi connectivity index (χ2v) is 10.2. The molecule has 31 heavy (non-hydrogen) atoms. The first-order chi connectivity index (χ1) is 14.6. The van der Waals surface area contributed by atoms with E-state index in [1.54, 1.807) is 0 Å². The molecule has 3 saturated carbocycles. The average molecular weight is 436 g/mol. The van der Waals surface area contributed by atoms with Gasteiger partial charge in [0, 0.05) is 5.41 Å². The maximum Gasteiger partial charge on any atom is 0.332 e. The van der Waals surface area contributed by atoms with Gasteiger partial charge in [0.1, 0.15) is 12.2 Å². The van der Waals surface area contributed by atoms with E-state index in [2.05, 4.69) is 12.4 Å². The Hall–Kier alpha value is -1.74. The van der Waals surface area contributed by atoms with Crippen LogP contribution in [0.3, 0.4) is 0 Å². The lowest BCUT2D eigenvalue weighted by Gasteiger charge is -2.60. The molecular weight excluding hydrogens is 402 g/mol. The van der Waals surface area contributed by atoms with E-state index in [1.165, 1.54) is 5.57 Å². The van der Waals surface area contributed by atoms with E-state index in [0.29, 0.717) is 25.7 Å². The van der Waals surface area contributed by atoms with E-state index in [9.17, 15) is 24.9 Å². The van der Waals surface area contributed by atoms with Gasteiger partial charge in [-0.05, 0) is 67.8 Å². The fraction of sp³-hybridized carbons (Fsp3) is 0.739. The summed E-state index contributed by atoms with van der Waals surface area (Å²) in [6.07, 6.45) is 7.08. The summed E-state index contributed by atoms with van der Waals surface area (Å²) in [5, 5.41) is 40.8. The van der Waals surface area contributed by atoms with Gasteiger partial charge in [-0.1, -0.05) is 25.5 Å². The molecule has 4 aliphatic carbocycles. The lowest BCUT2D eigenvalue weighted by atomic mass is 9.45. The van der Waals surface area contributed by atoms with E-state index >= 15 is 0 Å². The summed E-state index contributed by atoms with van der Waals surface area (Å²) < 4.78 is 0. The van der Waals surface area contributed by atoms with E-state index in [4.69, 9.17) is 9.94 Å². The molecule has 4 aliphatic rings. The Labute approximate surface area is 181 Å². The number of carbonyl (C=O) groups is 2. The minimum atomic E-state index is -1.58. The molecule has 0 heterocycles. The lowest BCUT2D eigenvalue weighted by Crippen LogP contribution is -2.61. The molecule has 7 atom stereocenters. The van der Waals surface area contributed by atoms with Crippen LogP contribution < -0.4 is 5.48 Å². The molecule has 0 aromatic rings. The number of rotatable bonds is 6. The number of carboxylic acid groups (broad SMARTS) is 1. The summed E-state index contributed by atoms with van der Waals surface area (Å²) in [4.78, 5) is 28.1. The highest BCUT2D eigenvalue weighted by Crippen LogP contribution is 2.67. The molecule has 0 radical (unpaired) electrons. The fourth-order valence-electron chi connectivity index (χ4n) is 7.39. The van der Waals surface area contributed by atoms with Crippen molar-refractivity contribution in [2.24, 2.45) is 28.6 Å². The van der Waals surface area contributed by atoms with Crippen molar-refractivity contribution >= 4 is 11.8 Å². The average Bonchev–Trinajstić information content (AvgIpc) is 2.98. The third-order valence-electron chi connectivity index (χ3n) is 8.89. The van der Waals surface area contributed by atoms with Gasteiger partial charge < -0.3 is 20.4 Å². The maximum absolute atomic E-state index is 12.5. The van der Waals surface area contributed by atoms with E-state index in [1.807, 2.05) is 19.1 Å². The van der Waals surface area contributed by atoms with Crippen molar-refractivity contribution in [2.45, 2.75) is 64.1 Å². The van der Waals surface area contributed by atoms with Crippen LogP contribution in [0.4, 0.5) is 0 Å². The Morgan fingerprint density at radius 3 is 2.71 bits per heavy atom. The molecule has 0 amide bonds. The zero-order valence-electron chi connectivity index (χ0n) is 18.1. The smallest absolute Gasteiger partial charge is 0.332 e. The summed E-state index contributed by atoms with van der Waals surface area (Å²) in [5.74, 6) is -1.28. The van der Waals surface area contributed by atoms with Crippen molar-refractivity contribution < 1.29 is 34.9 Å². The molecule has 0 spiro atoms. The molecule has 0 aromatic carbocycles. The fourth-order valence-corrected chi connectivity index (χ4v) is 7.39. The number of aliphatic hydroxyl groups is 3. The Balaban J connectivity index is 1.58. The van der Waals surface area contributed by atoms with Crippen LogP contribution in [0.25, 0.3) is 0 Å². The summed E-state index contributed by atoms with van der Waals surface area (Å²) in [7, 11) is 0. The van der Waals surface area contributed by atoms with Crippen LogP contribution in [0.2, 0.25) is 0 Å². The molecule has 4 rings (SSSR count). The Morgan fingerprint density at radius 1 is 1.29 bits per heavy atom. The molecular formula is C23H33NO7. The van der Waals surface area contributed by atoms with Crippen molar-refractivity contribution in [3.8, 4) is 0 Å². The number of fused-ring (bicyclic) bond motifs is 5. The summed E-state index contributed by atoms with van der Waals surface area (Å²) in [6.45, 7) is 2.97. The number of hydrogen-bond donors (Lipinski definition) is 5. The van der Waals surface area contributed by atoms with Crippen molar-refractivity contribution in [3.63, 3.8) is 0 Å². The van der Waals surface area contributed by atoms with Gasteiger partial charge >= 0.3 is 5.97 Å². The molecule has 0 bridgehead atoms. The number of nitrogens with one attached hydrogen (secondary N) is 1. The van der Waals surface area contributed by atoms with Crippen LogP contribution in [0.5, 0.6) is 0 Å². The summed E-state index contributed by atoms with van der Waals surface area (Å²) in [5.41, 5.74) is 2.07. The number of allylic oxidation sites excluding steroid dienone is 3. The number of aliphatic carboxylic acids is 1. The standard InChI is InChI=1S/C23H33NO7/c1-21-7-5-14(24-31-12-19(28)29)9-13(21)3-4-15-16-6-8-23(30,18(27)11-25)22(16,2)10-17(26)20(15)21/h5,9,15-17,20,24-26,30H,3-4,6-8,10-12H2,1-2H3,(H,28,29)/t15-,16-,17+,20+,21-,22-,23-/m0/s1. The van der Waals surface area contributed by atoms with E-state index in [-0.39, 0.29) is 23.2 Å². The Morgan fingerprint density at radius 2 is 2.03 bits per heavy atom. The van der Waals surface area contributed by atoms with E-state index in [0.717, 1.165) is 18.5 Å². The van der Waals surface area contributed by atoms with Gasteiger partial charge in [-0.3, -0.25) is 15.1 Å². The minimum absolute atomic E-state index is 0.00916. The molecule has 0 saturated heterocycles. The molecule has 5 N–H and O–H groups in total. The molecule has 0 unspecified atom stereocenters. The van der Waals surface area contributed by atoms with Crippen LogP contribution >= 0.6 is 0 Å². The number of carboxylic acids is 1. The van der Waals surface area contributed by atoms with Gasteiger partial charge in [0.2, 0.25) is 0 Å². The number of carbonyl (C=O) groups excluding carboxylic acids is 1. The number of aliphatic hydroxyl groups excluding tert-OH is 2. The highest BCUT2D eigenvalue weighted by atomic mass is 16.7. The van der Waals surface area contributed by atoms with Crippen LogP contribution in [0.15, 0.2) is 23.4 Å². The number of hydrogen-bond acceptors (Lipinski definition) is 7.